The molecular weight excluding hydrogens is 220 g/mol. The van der Waals surface area contributed by atoms with Crippen molar-refractivity contribution in [1.82, 2.24) is 0 Å². The summed E-state index contributed by atoms with van der Waals surface area (Å²) in [7, 11) is 0. The zero-order valence-electron chi connectivity index (χ0n) is 9.78. The minimum atomic E-state index is -0.664. The summed E-state index contributed by atoms with van der Waals surface area (Å²) in [6.45, 7) is 6.23. The van der Waals surface area contributed by atoms with Gasteiger partial charge in [-0.05, 0) is 37.5 Å². The molecule has 0 amide bonds. The van der Waals surface area contributed by atoms with Crippen LogP contribution >= 0.6 is 11.8 Å². The third-order valence-corrected chi connectivity index (χ3v) is 4.64. The topological polar surface area (TPSA) is 37.3 Å². The number of aryl methyl sites for hydroxylation is 3. The minimum Gasteiger partial charge on any atom is -0.481 e. The van der Waals surface area contributed by atoms with Crippen molar-refractivity contribution in [3.05, 3.63) is 34.4 Å². The summed E-state index contributed by atoms with van der Waals surface area (Å²) in [5.74, 6) is -0.125. The average molecular weight is 236 g/mol. The Balaban J connectivity index is 2.38. The highest BCUT2D eigenvalue weighted by Gasteiger charge is 2.39. The highest BCUT2D eigenvalue weighted by atomic mass is 32.2. The van der Waals surface area contributed by atoms with E-state index in [4.69, 9.17) is 5.11 Å². The maximum Gasteiger partial charge on any atom is 0.308 e. The van der Waals surface area contributed by atoms with Crippen LogP contribution in [0, 0.1) is 26.7 Å². The molecule has 1 aromatic rings. The first-order valence-electron chi connectivity index (χ1n) is 5.43. The lowest BCUT2D eigenvalue weighted by Crippen LogP contribution is -2.31. The van der Waals surface area contributed by atoms with Crippen LogP contribution in [0.1, 0.15) is 27.5 Å². The van der Waals surface area contributed by atoms with Crippen molar-refractivity contribution in [1.29, 1.82) is 0 Å². The largest absolute Gasteiger partial charge is 0.481 e. The molecule has 1 aliphatic heterocycles. The van der Waals surface area contributed by atoms with Crippen LogP contribution in [0.15, 0.2) is 12.1 Å². The summed E-state index contributed by atoms with van der Waals surface area (Å²) in [4.78, 5) is 11.0. The Labute approximate surface area is 100 Å². The number of hydrogen-bond acceptors (Lipinski definition) is 2. The third kappa shape index (κ3) is 1.84. The molecule has 2 unspecified atom stereocenters. The number of carbonyl (C=O) groups is 1. The van der Waals surface area contributed by atoms with E-state index in [-0.39, 0.29) is 11.2 Å². The third-order valence-electron chi connectivity index (χ3n) is 3.16. The zero-order valence-corrected chi connectivity index (χ0v) is 10.6. The molecule has 1 heterocycles. The van der Waals surface area contributed by atoms with Crippen LogP contribution in [0.2, 0.25) is 0 Å². The molecule has 3 heteroatoms. The smallest absolute Gasteiger partial charge is 0.308 e. The second-order valence-corrected chi connectivity index (χ2v) is 5.69. The van der Waals surface area contributed by atoms with Crippen LogP contribution in [0.25, 0.3) is 0 Å². The van der Waals surface area contributed by atoms with Gasteiger partial charge in [0.15, 0.2) is 0 Å². The molecule has 2 atom stereocenters. The van der Waals surface area contributed by atoms with E-state index in [1.807, 2.05) is 0 Å². The maximum atomic E-state index is 11.0. The van der Waals surface area contributed by atoms with Crippen molar-refractivity contribution in [2.45, 2.75) is 26.0 Å². The summed E-state index contributed by atoms with van der Waals surface area (Å²) in [5.41, 5.74) is 4.92. The summed E-state index contributed by atoms with van der Waals surface area (Å²) >= 11 is 1.75. The molecule has 0 aromatic heterocycles. The first-order chi connectivity index (χ1) is 7.50. The molecule has 16 heavy (non-hydrogen) atoms. The van der Waals surface area contributed by atoms with E-state index < -0.39 is 5.97 Å². The first-order valence-corrected chi connectivity index (χ1v) is 6.47. The summed E-state index contributed by atoms with van der Waals surface area (Å²) in [5, 5.41) is 9.24. The number of hydrogen-bond donors (Lipinski definition) is 1. The number of carboxylic acids is 1. The zero-order chi connectivity index (χ0) is 11.9. The summed E-state index contributed by atoms with van der Waals surface area (Å²) < 4.78 is 0. The Morgan fingerprint density at radius 1 is 1.31 bits per heavy atom. The Bertz CT molecular complexity index is 417. The van der Waals surface area contributed by atoms with Crippen molar-refractivity contribution < 1.29 is 9.90 Å². The van der Waals surface area contributed by atoms with Crippen molar-refractivity contribution in [3.8, 4) is 0 Å². The fourth-order valence-electron chi connectivity index (χ4n) is 2.41. The fraction of sp³-hybridized carbons (Fsp3) is 0.462. The van der Waals surface area contributed by atoms with Gasteiger partial charge in [-0.3, -0.25) is 4.79 Å². The van der Waals surface area contributed by atoms with Gasteiger partial charge in [0.2, 0.25) is 0 Å². The molecule has 86 valence electrons. The van der Waals surface area contributed by atoms with Crippen LogP contribution in [-0.4, -0.2) is 16.8 Å². The number of benzene rings is 1. The monoisotopic (exact) mass is 236 g/mol. The van der Waals surface area contributed by atoms with Gasteiger partial charge in [0.1, 0.15) is 0 Å². The van der Waals surface area contributed by atoms with Gasteiger partial charge >= 0.3 is 5.97 Å². The number of thioether (sulfide) groups is 1. The van der Waals surface area contributed by atoms with Crippen LogP contribution in [-0.2, 0) is 4.79 Å². The quantitative estimate of drug-likeness (QED) is 0.857. The Hall–Kier alpha value is -0.960. The van der Waals surface area contributed by atoms with Gasteiger partial charge in [-0.2, -0.15) is 11.8 Å². The van der Waals surface area contributed by atoms with E-state index in [2.05, 4.69) is 32.9 Å². The second kappa shape index (κ2) is 4.13. The van der Waals surface area contributed by atoms with Crippen molar-refractivity contribution in [2.24, 2.45) is 5.92 Å². The lowest BCUT2D eigenvalue weighted by molar-refractivity contribution is -0.141. The predicted octanol–water partition coefficient (Wildman–Crippen LogP) is 3.10. The number of rotatable bonds is 2. The van der Waals surface area contributed by atoms with E-state index >= 15 is 0 Å². The molecule has 0 bridgehead atoms. The number of carboxylic acid groups (broad SMARTS) is 1. The Kier molecular flexibility index (Phi) is 2.98. The van der Waals surface area contributed by atoms with Gasteiger partial charge in [0.25, 0.3) is 0 Å². The van der Waals surface area contributed by atoms with E-state index in [0.717, 1.165) is 5.75 Å². The van der Waals surface area contributed by atoms with Crippen LogP contribution in [0.5, 0.6) is 0 Å². The molecular formula is C13H16O2S. The second-order valence-electron chi connectivity index (χ2n) is 4.51. The Morgan fingerprint density at radius 3 is 2.25 bits per heavy atom. The van der Waals surface area contributed by atoms with E-state index in [1.54, 1.807) is 11.8 Å². The predicted molar refractivity (Wildman–Crippen MR) is 67.0 cm³/mol. The Morgan fingerprint density at radius 2 is 1.88 bits per heavy atom. The molecule has 0 aliphatic carbocycles. The lowest BCUT2D eigenvalue weighted by atomic mass is 9.91. The lowest BCUT2D eigenvalue weighted by Gasteiger charge is -2.35. The molecule has 0 spiro atoms. The molecule has 1 fully saturated rings. The van der Waals surface area contributed by atoms with E-state index in [1.165, 1.54) is 22.3 Å². The van der Waals surface area contributed by atoms with Crippen LogP contribution in [0.3, 0.4) is 0 Å². The van der Waals surface area contributed by atoms with Crippen molar-refractivity contribution in [3.63, 3.8) is 0 Å². The molecule has 2 rings (SSSR count). The molecule has 1 aliphatic rings. The first kappa shape index (κ1) is 11.5. The molecule has 2 nitrogen and oxygen atoms in total. The molecule has 1 aromatic carbocycles. The van der Waals surface area contributed by atoms with Gasteiger partial charge in [-0.25, -0.2) is 0 Å². The standard InChI is InChI=1S/C13H16O2S/c1-7-4-8(2)11(9(3)5-7)12-10(6-16-12)13(14)15/h4-5,10,12H,6H2,1-3H3,(H,14,15). The van der Waals surface area contributed by atoms with Gasteiger partial charge in [-0.15, -0.1) is 0 Å². The fourth-order valence-corrected chi connectivity index (χ4v) is 3.79. The van der Waals surface area contributed by atoms with E-state index in [9.17, 15) is 4.79 Å². The average Bonchev–Trinajstić information content (AvgIpc) is 2.07. The van der Waals surface area contributed by atoms with Gasteiger partial charge in [0.05, 0.1) is 5.92 Å². The summed E-state index contributed by atoms with van der Waals surface area (Å²) in [6, 6.07) is 4.28. The maximum absolute atomic E-state index is 11.0. The SMILES string of the molecule is Cc1cc(C)c(C2SCC2C(=O)O)c(C)c1. The van der Waals surface area contributed by atoms with E-state index in [0.29, 0.717) is 0 Å². The van der Waals surface area contributed by atoms with Crippen LogP contribution in [0.4, 0.5) is 0 Å². The van der Waals surface area contributed by atoms with Gasteiger partial charge in [0, 0.05) is 11.0 Å². The van der Waals surface area contributed by atoms with Gasteiger partial charge in [-0.1, -0.05) is 17.7 Å². The van der Waals surface area contributed by atoms with Crippen LogP contribution < -0.4 is 0 Å². The normalized spacial score (nSPS) is 23.9. The number of aliphatic carboxylic acids is 1. The molecule has 1 saturated heterocycles. The van der Waals surface area contributed by atoms with Gasteiger partial charge < -0.3 is 5.11 Å². The minimum absolute atomic E-state index is 0.151. The highest BCUT2D eigenvalue weighted by molar-refractivity contribution is 8.01. The highest BCUT2D eigenvalue weighted by Crippen LogP contribution is 2.49. The molecule has 0 radical (unpaired) electrons. The van der Waals surface area contributed by atoms with Crippen molar-refractivity contribution >= 4 is 17.7 Å². The summed E-state index contributed by atoms with van der Waals surface area (Å²) in [6.07, 6.45) is 0. The van der Waals surface area contributed by atoms with Crippen molar-refractivity contribution in [2.75, 3.05) is 5.75 Å². The molecule has 1 N–H and O–H groups in total. The molecule has 0 saturated carbocycles.